The van der Waals surface area contributed by atoms with Gasteiger partial charge in [-0.3, -0.25) is 0 Å². The van der Waals surface area contributed by atoms with E-state index in [2.05, 4.69) is 36.2 Å². The SMILES string of the molecule is CCOc1cccnc1NC(C)CCN(C)C. The molecule has 0 saturated heterocycles. The molecule has 4 heteroatoms. The van der Waals surface area contributed by atoms with Gasteiger partial charge in [0, 0.05) is 12.2 Å². The lowest BCUT2D eigenvalue weighted by Crippen LogP contribution is -2.23. The lowest BCUT2D eigenvalue weighted by molar-refractivity contribution is 0.339. The Morgan fingerprint density at radius 3 is 2.88 bits per heavy atom. The highest BCUT2D eigenvalue weighted by atomic mass is 16.5. The molecule has 0 aliphatic rings. The van der Waals surface area contributed by atoms with Crippen LogP contribution in [0.15, 0.2) is 18.3 Å². The number of hydrogen-bond acceptors (Lipinski definition) is 4. The molecule has 17 heavy (non-hydrogen) atoms. The minimum absolute atomic E-state index is 0.381. The van der Waals surface area contributed by atoms with Gasteiger partial charge in [0.2, 0.25) is 0 Å². The molecule has 1 rings (SSSR count). The highest BCUT2D eigenvalue weighted by molar-refractivity contribution is 5.49. The molecule has 0 aliphatic carbocycles. The molecule has 1 N–H and O–H groups in total. The summed E-state index contributed by atoms with van der Waals surface area (Å²) in [6.07, 6.45) is 2.86. The summed E-state index contributed by atoms with van der Waals surface area (Å²) < 4.78 is 5.53. The van der Waals surface area contributed by atoms with Gasteiger partial charge in [0.1, 0.15) is 0 Å². The molecule has 4 nitrogen and oxygen atoms in total. The van der Waals surface area contributed by atoms with Crippen molar-refractivity contribution in [3.8, 4) is 5.75 Å². The molecule has 0 amide bonds. The Morgan fingerprint density at radius 2 is 2.24 bits per heavy atom. The number of aromatic nitrogens is 1. The average Bonchev–Trinajstić information content (AvgIpc) is 2.29. The summed E-state index contributed by atoms with van der Waals surface area (Å²) >= 11 is 0. The number of ether oxygens (including phenoxy) is 1. The molecule has 1 atom stereocenters. The molecular weight excluding hydrogens is 214 g/mol. The van der Waals surface area contributed by atoms with Gasteiger partial charge in [0.15, 0.2) is 11.6 Å². The largest absolute Gasteiger partial charge is 0.490 e. The van der Waals surface area contributed by atoms with E-state index in [1.54, 1.807) is 6.20 Å². The maximum Gasteiger partial charge on any atom is 0.168 e. The predicted molar refractivity (Wildman–Crippen MR) is 71.7 cm³/mol. The average molecular weight is 237 g/mol. The fourth-order valence-corrected chi connectivity index (χ4v) is 1.53. The summed E-state index contributed by atoms with van der Waals surface area (Å²) in [5.74, 6) is 1.66. The fraction of sp³-hybridized carbons (Fsp3) is 0.615. The van der Waals surface area contributed by atoms with Crippen molar-refractivity contribution in [2.24, 2.45) is 0 Å². The molecule has 0 fully saturated rings. The van der Waals surface area contributed by atoms with Crippen LogP contribution in [0, 0.1) is 0 Å². The van der Waals surface area contributed by atoms with Crippen molar-refractivity contribution in [3.05, 3.63) is 18.3 Å². The van der Waals surface area contributed by atoms with E-state index in [0.717, 1.165) is 24.5 Å². The van der Waals surface area contributed by atoms with Crippen molar-refractivity contribution < 1.29 is 4.74 Å². The molecule has 1 heterocycles. The molecule has 0 spiro atoms. The van der Waals surface area contributed by atoms with Gasteiger partial charge in [-0.15, -0.1) is 0 Å². The van der Waals surface area contributed by atoms with Gasteiger partial charge in [-0.05, 0) is 53.0 Å². The fourth-order valence-electron chi connectivity index (χ4n) is 1.53. The van der Waals surface area contributed by atoms with Gasteiger partial charge in [0.05, 0.1) is 6.61 Å². The number of nitrogens with zero attached hydrogens (tertiary/aromatic N) is 2. The van der Waals surface area contributed by atoms with Gasteiger partial charge in [-0.2, -0.15) is 0 Å². The van der Waals surface area contributed by atoms with E-state index in [0.29, 0.717) is 12.6 Å². The van der Waals surface area contributed by atoms with Crippen molar-refractivity contribution in [2.75, 3.05) is 32.6 Å². The van der Waals surface area contributed by atoms with Crippen LogP contribution in [-0.4, -0.2) is 43.2 Å². The van der Waals surface area contributed by atoms with E-state index in [9.17, 15) is 0 Å². The van der Waals surface area contributed by atoms with Gasteiger partial charge in [-0.25, -0.2) is 4.98 Å². The minimum Gasteiger partial charge on any atom is -0.490 e. The van der Waals surface area contributed by atoms with Crippen LogP contribution >= 0.6 is 0 Å². The summed E-state index contributed by atoms with van der Waals surface area (Å²) in [7, 11) is 4.16. The van der Waals surface area contributed by atoms with Crippen LogP contribution in [0.1, 0.15) is 20.3 Å². The van der Waals surface area contributed by atoms with Crippen LogP contribution in [0.5, 0.6) is 5.75 Å². The van der Waals surface area contributed by atoms with Crippen LogP contribution in [0.4, 0.5) is 5.82 Å². The molecular formula is C13H23N3O. The van der Waals surface area contributed by atoms with Gasteiger partial charge in [-0.1, -0.05) is 0 Å². The normalized spacial score (nSPS) is 12.5. The molecule has 0 radical (unpaired) electrons. The number of rotatable bonds is 7. The Bertz CT molecular complexity index is 328. The Labute approximate surface area is 104 Å². The molecule has 1 unspecified atom stereocenters. The van der Waals surface area contributed by atoms with Gasteiger partial charge >= 0.3 is 0 Å². The topological polar surface area (TPSA) is 37.4 Å². The van der Waals surface area contributed by atoms with E-state index < -0.39 is 0 Å². The van der Waals surface area contributed by atoms with Crippen molar-refractivity contribution in [2.45, 2.75) is 26.3 Å². The number of hydrogen-bond donors (Lipinski definition) is 1. The lowest BCUT2D eigenvalue weighted by atomic mass is 10.2. The maximum atomic E-state index is 5.53. The summed E-state index contributed by atoms with van der Waals surface area (Å²) in [5, 5.41) is 3.39. The molecule has 96 valence electrons. The second-order valence-electron chi connectivity index (χ2n) is 4.42. The van der Waals surface area contributed by atoms with Crippen molar-refractivity contribution in [3.63, 3.8) is 0 Å². The smallest absolute Gasteiger partial charge is 0.168 e. The third-order valence-corrected chi connectivity index (χ3v) is 2.46. The first-order valence-electron chi connectivity index (χ1n) is 6.12. The van der Waals surface area contributed by atoms with Crippen LogP contribution < -0.4 is 10.1 Å². The number of anilines is 1. The summed E-state index contributed by atoms with van der Waals surface area (Å²) in [4.78, 5) is 6.50. The van der Waals surface area contributed by atoms with E-state index in [1.807, 2.05) is 19.1 Å². The van der Waals surface area contributed by atoms with Gasteiger partial charge in [0.25, 0.3) is 0 Å². The zero-order valence-electron chi connectivity index (χ0n) is 11.2. The van der Waals surface area contributed by atoms with E-state index in [1.165, 1.54) is 0 Å². The zero-order chi connectivity index (χ0) is 12.7. The molecule has 0 bridgehead atoms. The third-order valence-electron chi connectivity index (χ3n) is 2.46. The standard InChI is InChI=1S/C13H23N3O/c1-5-17-12-7-6-9-14-13(12)15-11(2)8-10-16(3)4/h6-7,9,11H,5,8,10H2,1-4H3,(H,14,15). The Balaban J connectivity index is 2.54. The monoisotopic (exact) mass is 237 g/mol. The molecule has 0 saturated carbocycles. The molecule has 1 aromatic rings. The Morgan fingerprint density at radius 1 is 1.47 bits per heavy atom. The van der Waals surface area contributed by atoms with Gasteiger partial charge < -0.3 is 15.0 Å². The predicted octanol–water partition coefficient (Wildman–Crippen LogP) is 2.23. The Hall–Kier alpha value is -1.29. The first-order chi connectivity index (χ1) is 8.13. The van der Waals surface area contributed by atoms with E-state index >= 15 is 0 Å². The van der Waals surface area contributed by atoms with Crippen molar-refractivity contribution in [1.29, 1.82) is 0 Å². The Kier molecular flexibility index (Phi) is 5.77. The van der Waals surface area contributed by atoms with Crippen LogP contribution in [0.2, 0.25) is 0 Å². The third kappa shape index (κ3) is 5.04. The van der Waals surface area contributed by atoms with E-state index in [-0.39, 0.29) is 0 Å². The first-order valence-corrected chi connectivity index (χ1v) is 6.12. The van der Waals surface area contributed by atoms with Crippen LogP contribution in [0.3, 0.4) is 0 Å². The molecule has 0 aliphatic heterocycles. The quantitative estimate of drug-likeness (QED) is 0.789. The summed E-state index contributed by atoms with van der Waals surface area (Å²) in [6.45, 7) is 5.86. The van der Waals surface area contributed by atoms with Crippen LogP contribution in [0.25, 0.3) is 0 Å². The molecule has 1 aromatic heterocycles. The zero-order valence-corrected chi connectivity index (χ0v) is 11.2. The summed E-state index contributed by atoms with van der Waals surface area (Å²) in [6, 6.07) is 4.21. The van der Waals surface area contributed by atoms with Crippen molar-refractivity contribution >= 4 is 5.82 Å². The maximum absolute atomic E-state index is 5.53. The minimum atomic E-state index is 0.381. The molecule has 0 aromatic carbocycles. The highest BCUT2D eigenvalue weighted by Gasteiger charge is 2.08. The second kappa shape index (κ2) is 7.12. The first kappa shape index (κ1) is 13.8. The van der Waals surface area contributed by atoms with Crippen molar-refractivity contribution in [1.82, 2.24) is 9.88 Å². The number of pyridine rings is 1. The van der Waals surface area contributed by atoms with E-state index in [4.69, 9.17) is 4.74 Å². The number of nitrogens with one attached hydrogen (secondary N) is 1. The highest BCUT2D eigenvalue weighted by Crippen LogP contribution is 2.21. The lowest BCUT2D eigenvalue weighted by Gasteiger charge is -2.18. The summed E-state index contributed by atoms with van der Waals surface area (Å²) in [5.41, 5.74) is 0. The second-order valence-corrected chi connectivity index (χ2v) is 4.42. The van der Waals surface area contributed by atoms with Crippen LogP contribution in [-0.2, 0) is 0 Å².